The number of phenols is 1. The fourth-order valence-electron chi connectivity index (χ4n) is 4.24. The fraction of sp³-hybridized carbons (Fsp3) is 0.667. The lowest BCUT2D eigenvalue weighted by atomic mass is 9.92. The minimum atomic E-state index is -1.29. The van der Waals surface area contributed by atoms with E-state index >= 15 is 0 Å². The molecule has 0 fully saturated rings. The molecule has 3 amide bonds. The molecule has 0 aromatic heterocycles. The first-order chi connectivity index (χ1) is 18.5. The Balaban J connectivity index is 3.74. The fourth-order valence-corrected chi connectivity index (χ4v) is 4.24. The van der Waals surface area contributed by atoms with Crippen LogP contribution >= 0.6 is 0 Å². The van der Waals surface area contributed by atoms with E-state index in [1.807, 2.05) is 20.8 Å². The van der Waals surface area contributed by atoms with E-state index in [-0.39, 0.29) is 17.2 Å². The zero-order valence-electron chi connectivity index (χ0n) is 25.8. The van der Waals surface area contributed by atoms with Crippen LogP contribution in [0.15, 0.2) is 18.2 Å². The van der Waals surface area contributed by atoms with Crippen molar-refractivity contribution in [3.63, 3.8) is 0 Å². The summed E-state index contributed by atoms with van der Waals surface area (Å²) in [6, 6.07) is 2.21. The molecule has 10 heteroatoms. The molecule has 4 unspecified atom stereocenters. The normalized spacial score (nSPS) is 14.5. The molecular formula is C30H49N3O7. The van der Waals surface area contributed by atoms with Gasteiger partial charge in [0, 0.05) is 11.6 Å². The lowest BCUT2D eigenvalue weighted by Crippen LogP contribution is -2.57. The molecule has 0 radical (unpaired) electrons. The molecule has 0 saturated heterocycles. The summed E-state index contributed by atoms with van der Waals surface area (Å²) in [5.74, 6) is -1.90. The first kappa shape index (κ1) is 34.7. The Hall–Kier alpha value is -3.30. The summed E-state index contributed by atoms with van der Waals surface area (Å²) in [5.41, 5.74) is -0.0377. The molecule has 0 saturated carbocycles. The molecule has 1 aromatic rings. The van der Waals surface area contributed by atoms with Gasteiger partial charge >= 0.3 is 12.1 Å². The first-order valence-electron chi connectivity index (χ1n) is 14.0. The number of carbonyl (C=O) groups is 4. The number of para-hydroxylation sites is 1. The van der Waals surface area contributed by atoms with Crippen LogP contribution in [0, 0.1) is 18.8 Å². The molecular weight excluding hydrogens is 514 g/mol. The van der Waals surface area contributed by atoms with Crippen molar-refractivity contribution in [2.75, 3.05) is 13.7 Å². The summed E-state index contributed by atoms with van der Waals surface area (Å²) in [6.07, 6.45) is 1.16. The van der Waals surface area contributed by atoms with Gasteiger partial charge in [-0.2, -0.15) is 0 Å². The molecule has 4 atom stereocenters. The molecule has 1 aromatic carbocycles. The standard InChI is InChI=1S/C30H49N3O7/c1-11-19(4)24(32-29(38)40-30(7,8)9)28(37)33(21(6)16-15-18(2)3)25(27(36)31-17-23(34)39-10)22-14-12-13-20(5)26(22)35/h12-14,18-19,21,24-25,35H,11,15-17H2,1-10H3,(H,31,36)(H,32,38). The zero-order valence-corrected chi connectivity index (χ0v) is 25.8. The van der Waals surface area contributed by atoms with Gasteiger partial charge in [0.25, 0.3) is 0 Å². The Morgan fingerprint density at radius 2 is 1.68 bits per heavy atom. The third-order valence-corrected chi connectivity index (χ3v) is 6.77. The van der Waals surface area contributed by atoms with E-state index in [9.17, 15) is 24.3 Å². The number of esters is 1. The van der Waals surface area contributed by atoms with Crippen molar-refractivity contribution in [2.24, 2.45) is 11.8 Å². The first-order valence-corrected chi connectivity index (χ1v) is 14.0. The molecule has 0 aliphatic rings. The number of benzene rings is 1. The molecule has 0 aliphatic heterocycles. The van der Waals surface area contributed by atoms with Crippen molar-refractivity contribution in [2.45, 2.75) is 105 Å². The van der Waals surface area contributed by atoms with E-state index in [1.54, 1.807) is 45.9 Å². The summed E-state index contributed by atoms with van der Waals surface area (Å²) < 4.78 is 10.1. The van der Waals surface area contributed by atoms with Gasteiger partial charge < -0.3 is 30.1 Å². The Bertz CT molecular complexity index is 1020. The third kappa shape index (κ3) is 10.4. The lowest BCUT2D eigenvalue weighted by molar-refractivity contribution is -0.147. The van der Waals surface area contributed by atoms with Crippen molar-refractivity contribution in [3.05, 3.63) is 29.3 Å². The second-order valence-corrected chi connectivity index (χ2v) is 11.8. The van der Waals surface area contributed by atoms with Gasteiger partial charge in [-0.3, -0.25) is 14.4 Å². The second-order valence-electron chi connectivity index (χ2n) is 11.8. The van der Waals surface area contributed by atoms with E-state index < -0.39 is 54.1 Å². The highest BCUT2D eigenvalue weighted by Gasteiger charge is 2.41. The number of nitrogens with zero attached hydrogens (tertiary/aromatic N) is 1. The van der Waals surface area contributed by atoms with Gasteiger partial charge in [-0.25, -0.2) is 4.79 Å². The van der Waals surface area contributed by atoms with Crippen LogP contribution in [-0.4, -0.2) is 65.2 Å². The van der Waals surface area contributed by atoms with E-state index in [4.69, 9.17) is 4.74 Å². The maximum absolute atomic E-state index is 14.4. The predicted molar refractivity (Wildman–Crippen MR) is 154 cm³/mol. The number of hydrogen-bond acceptors (Lipinski definition) is 7. The van der Waals surface area contributed by atoms with E-state index in [0.717, 1.165) is 6.42 Å². The predicted octanol–water partition coefficient (Wildman–Crippen LogP) is 4.62. The van der Waals surface area contributed by atoms with Gasteiger partial charge in [0.05, 0.1) is 7.11 Å². The average Bonchev–Trinajstić information content (AvgIpc) is 2.87. The van der Waals surface area contributed by atoms with Crippen LogP contribution in [0.1, 0.15) is 91.8 Å². The largest absolute Gasteiger partial charge is 0.507 e. The maximum Gasteiger partial charge on any atom is 0.408 e. The highest BCUT2D eigenvalue weighted by molar-refractivity contribution is 5.94. The second kappa shape index (κ2) is 15.5. The smallest absolute Gasteiger partial charge is 0.408 e. The number of methoxy groups -OCH3 is 1. The van der Waals surface area contributed by atoms with E-state index in [2.05, 4.69) is 29.2 Å². The molecule has 1 rings (SSSR count). The highest BCUT2D eigenvalue weighted by atomic mass is 16.6. The molecule has 0 heterocycles. The SMILES string of the molecule is CCC(C)C(NC(=O)OC(C)(C)C)C(=O)N(C(C)CCC(C)C)C(C(=O)NCC(=O)OC)c1cccc(C)c1O. The third-order valence-electron chi connectivity index (χ3n) is 6.77. The topological polar surface area (TPSA) is 134 Å². The van der Waals surface area contributed by atoms with Gasteiger partial charge in [0.2, 0.25) is 11.8 Å². The van der Waals surface area contributed by atoms with Crippen LogP contribution in [0.4, 0.5) is 4.79 Å². The van der Waals surface area contributed by atoms with Crippen LogP contribution in [0.2, 0.25) is 0 Å². The Morgan fingerprint density at radius 3 is 2.20 bits per heavy atom. The maximum atomic E-state index is 14.4. The van der Waals surface area contributed by atoms with Crippen LogP contribution < -0.4 is 10.6 Å². The molecule has 40 heavy (non-hydrogen) atoms. The Kier molecular flexibility index (Phi) is 13.4. The van der Waals surface area contributed by atoms with Crippen molar-refractivity contribution >= 4 is 23.9 Å². The van der Waals surface area contributed by atoms with Crippen LogP contribution in [0.25, 0.3) is 0 Å². The molecule has 10 nitrogen and oxygen atoms in total. The lowest BCUT2D eigenvalue weighted by Gasteiger charge is -2.40. The van der Waals surface area contributed by atoms with Gasteiger partial charge in [0.1, 0.15) is 30.0 Å². The summed E-state index contributed by atoms with van der Waals surface area (Å²) in [7, 11) is 1.21. The van der Waals surface area contributed by atoms with E-state index in [1.165, 1.54) is 12.0 Å². The van der Waals surface area contributed by atoms with Crippen LogP contribution in [-0.2, 0) is 23.9 Å². The molecule has 0 spiro atoms. The van der Waals surface area contributed by atoms with Crippen LogP contribution in [0.3, 0.4) is 0 Å². The van der Waals surface area contributed by atoms with E-state index in [0.29, 0.717) is 24.3 Å². The average molecular weight is 564 g/mol. The summed E-state index contributed by atoms with van der Waals surface area (Å²) in [5, 5.41) is 16.3. The van der Waals surface area contributed by atoms with Crippen molar-refractivity contribution in [3.8, 4) is 5.75 Å². The Morgan fingerprint density at radius 1 is 1.05 bits per heavy atom. The van der Waals surface area contributed by atoms with Crippen molar-refractivity contribution < 1.29 is 33.8 Å². The number of aromatic hydroxyl groups is 1. The number of rotatable bonds is 13. The van der Waals surface area contributed by atoms with Gasteiger partial charge in [-0.15, -0.1) is 0 Å². The summed E-state index contributed by atoms with van der Waals surface area (Å²) in [4.78, 5) is 54.3. The number of aryl methyl sites for hydroxylation is 1. The quantitative estimate of drug-likeness (QED) is 0.298. The molecule has 226 valence electrons. The van der Waals surface area contributed by atoms with Gasteiger partial charge in [-0.1, -0.05) is 52.3 Å². The van der Waals surface area contributed by atoms with Crippen LogP contribution in [0.5, 0.6) is 5.75 Å². The zero-order chi connectivity index (χ0) is 30.8. The summed E-state index contributed by atoms with van der Waals surface area (Å²) in [6.45, 7) is 16.2. The van der Waals surface area contributed by atoms with Gasteiger partial charge in [0.15, 0.2) is 0 Å². The Labute approximate surface area is 239 Å². The summed E-state index contributed by atoms with van der Waals surface area (Å²) >= 11 is 0. The number of alkyl carbamates (subject to hydrolysis) is 1. The number of ether oxygens (including phenoxy) is 2. The van der Waals surface area contributed by atoms with Crippen molar-refractivity contribution in [1.29, 1.82) is 0 Å². The minimum absolute atomic E-state index is 0.130. The molecule has 3 N–H and O–H groups in total. The number of phenolic OH excluding ortho intramolecular Hbond substituents is 1. The number of nitrogens with one attached hydrogen (secondary N) is 2. The minimum Gasteiger partial charge on any atom is -0.507 e. The monoisotopic (exact) mass is 563 g/mol. The van der Waals surface area contributed by atoms with Crippen molar-refractivity contribution in [1.82, 2.24) is 15.5 Å². The molecule has 0 bridgehead atoms. The number of hydrogen-bond donors (Lipinski definition) is 3. The molecule has 0 aliphatic carbocycles. The van der Waals surface area contributed by atoms with Gasteiger partial charge in [-0.05, 0) is 64.9 Å². The number of amides is 3. The number of carbonyl (C=O) groups excluding carboxylic acids is 4. The highest BCUT2D eigenvalue weighted by Crippen LogP contribution is 2.35.